The zero-order chi connectivity index (χ0) is 21.8. The largest absolute Gasteiger partial charge is 0.483 e. The van der Waals surface area contributed by atoms with Crippen LogP contribution in [0, 0.1) is 0 Å². The fourth-order valence-corrected chi connectivity index (χ4v) is 4.88. The third kappa shape index (κ3) is 4.95. The number of hydrogen-bond donors (Lipinski definition) is 0. The molecule has 0 spiro atoms. The summed E-state index contributed by atoms with van der Waals surface area (Å²) in [6.45, 7) is 4.21. The van der Waals surface area contributed by atoms with Crippen molar-refractivity contribution in [3.8, 4) is 5.75 Å². The van der Waals surface area contributed by atoms with E-state index in [1.54, 1.807) is 0 Å². The molecule has 2 heterocycles. The highest BCUT2D eigenvalue weighted by molar-refractivity contribution is 9.10. The molecule has 0 N–H and O–H groups in total. The molecule has 0 unspecified atom stereocenters. The van der Waals surface area contributed by atoms with Gasteiger partial charge in [-0.05, 0) is 61.9 Å². The van der Waals surface area contributed by atoms with Crippen LogP contribution in [-0.4, -0.2) is 47.4 Å². The second-order valence-electron chi connectivity index (χ2n) is 8.32. The Balaban J connectivity index is 1.43. The first-order chi connectivity index (χ1) is 15.1. The summed E-state index contributed by atoms with van der Waals surface area (Å²) < 4.78 is 6.99. The molecular weight excluding hydrogens is 456 g/mol. The van der Waals surface area contributed by atoms with E-state index in [1.165, 1.54) is 6.42 Å². The minimum atomic E-state index is 0.0167. The Hall–Kier alpha value is -2.34. The third-order valence-electron chi connectivity index (χ3n) is 6.34. The fraction of sp³-hybridized carbons (Fsp3) is 0.440. The number of fused-ring (bicyclic) bond motifs is 1. The van der Waals surface area contributed by atoms with Crippen LogP contribution < -0.4 is 4.74 Å². The predicted molar refractivity (Wildman–Crippen MR) is 124 cm³/mol. The molecule has 5 nitrogen and oxygen atoms in total. The number of benzene rings is 2. The summed E-state index contributed by atoms with van der Waals surface area (Å²) in [5.74, 6) is 0.721. The Bertz CT molecular complexity index is 944. The lowest BCUT2D eigenvalue weighted by molar-refractivity contribution is -0.137. The summed E-state index contributed by atoms with van der Waals surface area (Å²) in [4.78, 5) is 29.7. The van der Waals surface area contributed by atoms with E-state index < -0.39 is 0 Å². The van der Waals surface area contributed by atoms with Gasteiger partial charge in [-0.15, -0.1) is 0 Å². The van der Waals surface area contributed by atoms with E-state index in [1.807, 2.05) is 52.3 Å². The second kappa shape index (κ2) is 9.86. The Morgan fingerprint density at radius 2 is 1.94 bits per heavy atom. The highest BCUT2D eigenvalue weighted by atomic mass is 79.9. The summed E-state index contributed by atoms with van der Waals surface area (Å²) in [6.07, 6.45) is 5.03. The number of halogens is 1. The number of ether oxygens (including phenoxy) is 1. The number of nitrogens with zero attached hydrogens (tertiary/aromatic N) is 2. The molecule has 1 fully saturated rings. The maximum absolute atomic E-state index is 13.1. The number of carbonyl (C=O) groups is 2. The molecule has 2 aromatic rings. The van der Waals surface area contributed by atoms with Gasteiger partial charge in [0.2, 0.25) is 0 Å². The van der Waals surface area contributed by atoms with Crippen LogP contribution in [0.15, 0.2) is 46.9 Å². The molecule has 164 valence electrons. The van der Waals surface area contributed by atoms with Crippen molar-refractivity contribution in [3.05, 3.63) is 63.6 Å². The van der Waals surface area contributed by atoms with Gasteiger partial charge in [-0.1, -0.05) is 41.1 Å². The Kier molecular flexibility index (Phi) is 6.96. The average Bonchev–Trinajstić information content (AvgIpc) is 2.80. The SMILES string of the molecule is CC[C@@H]1CCCCN1C(=O)COc1cccc2c1CCN(Cc1ccc(Br)cc1)C2=O. The zero-order valence-corrected chi connectivity index (χ0v) is 19.6. The first-order valence-electron chi connectivity index (χ1n) is 11.1. The molecule has 4 rings (SSSR count). The summed E-state index contributed by atoms with van der Waals surface area (Å²) in [6, 6.07) is 13.9. The molecule has 0 saturated carbocycles. The molecule has 2 aliphatic rings. The Morgan fingerprint density at radius 1 is 1.13 bits per heavy atom. The standard InChI is InChI=1S/C25H29BrN2O3/c1-2-20-6-3-4-14-28(20)24(29)17-31-23-8-5-7-22-21(23)13-15-27(25(22)30)16-18-9-11-19(26)12-10-18/h5,7-12,20H,2-4,6,13-17H2,1H3/t20-/m1/s1. The number of piperidine rings is 1. The number of hydrogen-bond acceptors (Lipinski definition) is 3. The van der Waals surface area contributed by atoms with E-state index in [9.17, 15) is 9.59 Å². The van der Waals surface area contributed by atoms with Crippen molar-refractivity contribution in [1.29, 1.82) is 0 Å². The van der Waals surface area contributed by atoms with Gasteiger partial charge in [-0.2, -0.15) is 0 Å². The topological polar surface area (TPSA) is 49.9 Å². The van der Waals surface area contributed by atoms with Crippen LogP contribution >= 0.6 is 15.9 Å². The lowest BCUT2D eigenvalue weighted by Gasteiger charge is -2.35. The molecule has 0 aliphatic carbocycles. The number of carbonyl (C=O) groups excluding carboxylic acids is 2. The van der Waals surface area contributed by atoms with Gasteiger partial charge in [0.05, 0.1) is 0 Å². The molecule has 1 saturated heterocycles. The lowest BCUT2D eigenvalue weighted by Crippen LogP contribution is -2.45. The van der Waals surface area contributed by atoms with Crippen molar-refractivity contribution in [3.63, 3.8) is 0 Å². The van der Waals surface area contributed by atoms with E-state index >= 15 is 0 Å². The van der Waals surface area contributed by atoms with Crippen LogP contribution in [0.5, 0.6) is 5.75 Å². The Labute approximate surface area is 192 Å². The maximum atomic E-state index is 13.1. The molecule has 2 amide bonds. The van der Waals surface area contributed by atoms with Crippen molar-refractivity contribution in [2.24, 2.45) is 0 Å². The van der Waals surface area contributed by atoms with Crippen LogP contribution in [0.25, 0.3) is 0 Å². The third-order valence-corrected chi connectivity index (χ3v) is 6.87. The van der Waals surface area contributed by atoms with E-state index in [0.717, 1.165) is 47.8 Å². The highest BCUT2D eigenvalue weighted by Crippen LogP contribution is 2.29. The van der Waals surface area contributed by atoms with E-state index in [4.69, 9.17) is 4.74 Å². The molecule has 1 atom stereocenters. The van der Waals surface area contributed by atoms with Gasteiger partial charge in [-0.25, -0.2) is 0 Å². The van der Waals surface area contributed by atoms with Gasteiger partial charge < -0.3 is 14.5 Å². The first kappa shape index (κ1) is 21.9. The van der Waals surface area contributed by atoms with Crippen molar-refractivity contribution in [2.75, 3.05) is 19.7 Å². The molecule has 2 aromatic carbocycles. The number of likely N-dealkylation sites (tertiary alicyclic amines) is 1. The van der Waals surface area contributed by atoms with Crippen molar-refractivity contribution in [1.82, 2.24) is 9.80 Å². The fourth-order valence-electron chi connectivity index (χ4n) is 4.61. The molecule has 31 heavy (non-hydrogen) atoms. The van der Waals surface area contributed by atoms with Crippen molar-refractivity contribution in [2.45, 2.75) is 51.6 Å². The average molecular weight is 485 g/mol. The maximum Gasteiger partial charge on any atom is 0.260 e. The molecule has 0 radical (unpaired) electrons. The van der Waals surface area contributed by atoms with Gasteiger partial charge in [0.1, 0.15) is 5.75 Å². The summed E-state index contributed by atoms with van der Waals surface area (Å²) >= 11 is 3.45. The first-order valence-corrected chi connectivity index (χ1v) is 11.9. The lowest BCUT2D eigenvalue weighted by atomic mass is 9.97. The monoisotopic (exact) mass is 484 g/mol. The highest BCUT2D eigenvalue weighted by Gasteiger charge is 2.28. The van der Waals surface area contributed by atoms with Crippen LogP contribution in [-0.2, 0) is 17.8 Å². The molecule has 0 bridgehead atoms. The molecule has 2 aliphatic heterocycles. The molecule has 0 aromatic heterocycles. The number of amides is 2. The van der Waals surface area contributed by atoms with Gasteiger partial charge in [0.25, 0.3) is 11.8 Å². The van der Waals surface area contributed by atoms with Crippen molar-refractivity contribution < 1.29 is 14.3 Å². The summed E-state index contributed by atoms with van der Waals surface area (Å²) in [5, 5.41) is 0. The summed E-state index contributed by atoms with van der Waals surface area (Å²) in [7, 11) is 0. The molecule has 6 heteroatoms. The van der Waals surface area contributed by atoms with Crippen LogP contribution in [0.2, 0.25) is 0 Å². The van der Waals surface area contributed by atoms with Gasteiger partial charge >= 0.3 is 0 Å². The van der Waals surface area contributed by atoms with Crippen molar-refractivity contribution >= 4 is 27.7 Å². The van der Waals surface area contributed by atoms with Gasteiger partial charge in [0, 0.05) is 41.3 Å². The minimum absolute atomic E-state index is 0.0167. The van der Waals surface area contributed by atoms with E-state index in [2.05, 4.69) is 22.9 Å². The van der Waals surface area contributed by atoms with E-state index in [0.29, 0.717) is 30.4 Å². The second-order valence-corrected chi connectivity index (χ2v) is 9.23. The predicted octanol–water partition coefficient (Wildman–Crippen LogP) is 4.82. The summed E-state index contributed by atoms with van der Waals surface area (Å²) in [5.41, 5.74) is 2.70. The van der Waals surface area contributed by atoms with Gasteiger partial charge in [0.15, 0.2) is 6.61 Å². The Morgan fingerprint density at radius 3 is 2.71 bits per heavy atom. The smallest absolute Gasteiger partial charge is 0.260 e. The minimum Gasteiger partial charge on any atom is -0.483 e. The zero-order valence-electron chi connectivity index (χ0n) is 18.0. The van der Waals surface area contributed by atoms with Crippen LogP contribution in [0.1, 0.15) is 54.1 Å². The van der Waals surface area contributed by atoms with E-state index in [-0.39, 0.29) is 18.4 Å². The van der Waals surface area contributed by atoms with Gasteiger partial charge in [-0.3, -0.25) is 9.59 Å². The quantitative estimate of drug-likeness (QED) is 0.590. The van der Waals surface area contributed by atoms with Crippen LogP contribution in [0.4, 0.5) is 0 Å². The van der Waals surface area contributed by atoms with Crippen LogP contribution in [0.3, 0.4) is 0 Å². The normalized spacial score (nSPS) is 18.6. The number of rotatable bonds is 6. The molecular formula is C25H29BrN2O3.